The normalized spacial score (nSPS) is 17.4. The minimum Gasteiger partial charge on any atom is -0.334 e. The van der Waals surface area contributed by atoms with E-state index in [1.54, 1.807) is 19.9 Å². The number of likely N-dealkylation sites (tertiary alicyclic amines) is 1. The molecular weight excluding hydrogens is 324 g/mol. The zero-order chi connectivity index (χ0) is 18.1. The highest BCUT2D eigenvalue weighted by molar-refractivity contribution is 6.39. The van der Waals surface area contributed by atoms with Gasteiger partial charge in [-0.25, -0.2) is 4.99 Å². The van der Waals surface area contributed by atoms with Crippen LogP contribution in [0.4, 0.5) is 5.82 Å². The largest absolute Gasteiger partial charge is 0.334 e. The van der Waals surface area contributed by atoms with Gasteiger partial charge in [0, 0.05) is 19.2 Å². The molecule has 2 aliphatic heterocycles. The standard InChI is InChI=1S/C16H18N6O3/c1-9-8-12(18-14(24)15(25)21-6-4-5-7-21)22(20-9)16-17-11(3)10(2)13(23)19-16/h8H,2,4-7H2,1,3H3,(H,18,24). The van der Waals surface area contributed by atoms with E-state index in [2.05, 4.69) is 27.0 Å². The zero-order valence-electron chi connectivity index (χ0n) is 14.1. The van der Waals surface area contributed by atoms with Gasteiger partial charge in [-0.3, -0.25) is 14.4 Å². The third kappa shape index (κ3) is 3.25. The molecule has 1 N–H and O–H groups in total. The van der Waals surface area contributed by atoms with Crippen molar-refractivity contribution in [3.63, 3.8) is 0 Å². The summed E-state index contributed by atoms with van der Waals surface area (Å²) in [6, 6.07) is 1.58. The van der Waals surface area contributed by atoms with E-state index in [0.717, 1.165) is 12.8 Å². The molecule has 9 nitrogen and oxygen atoms in total. The first-order chi connectivity index (χ1) is 11.9. The van der Waals surface area contributed by atoms with Gasteiger partial charge in [-0.05, 0) is 26.7 Å². The molecule has 0 radical (unpaired) electrons. The molecule has 1 aromatic rings. The number of hydrogen-bond acceptors (Lipinski definition) is 5. The van der Waals surface area contributed by atoms with Crippen LogP contribution >= 0.6 is 0 Å². The van der Waals surface area contributed by atoms with Gasteiger partial charge in [-0.15, -0.1) is 0 Å². The molecule has 0 bridgehead atoms. The Morgan fingerprint density at radius 1 is 1.20 bits per heavy atom. The molecular formula is C16H18N6O3. The zero-order valence-corrected chi connectivity index (χ0v) is 14.1. The number of nitrogens with zero attached hydrogens (tertiary/aromatic N) is 5. The van der Waals surface area contributed by atoms with Crippen LogP contribution in [0.15, 0.2) is 28.2 Å². The number of aromatic nitrogens is 2. The van der Waals surface area contributed by atoms with Crippen LogP contribution in [0.1, 0.15) is 25.5 Å². The number of aliphatic imine (C=N–C) groups is 2. The molecule has 1 fully saturated rings. The van der Waals surface area contributed by atoms with Gasteiger partial charge in [-0.1, -0.05) is 6.58 Å². The Hall–Kier alpha value is -3.10. The van der Waals surface area contributed by atoms with Crippen LogP contribution < -0.4 is 5.32 Å². The lowest BCUT2D eigenvalue weighted by atomic mass is 10.2. The number of aryl methyl sites for hydroxylation is 1. The lowest BCUT2D eigenvalue weighted by Crippen LogP contribution is -2.38. The van der Waals surface area contributed by atoms with E-state index in [4.69, 9.17) is 0 Å². The second kappa shape index (κ2) is 6.42. The van der Waals surface area contributed by atoms with Crippen LogP contribution in [0.5, 0.6) is 0 Å². The van der Waals surface area contributed by atoms with E-state index in [0.29, 0.717) is 24.5 Å². The third-order valence-corrected chi connectivity index (χ3v) is 4.01. The molecule has 0 atom stereocenters. The topological polar surface area (TPSA) is 109 Å². The quantitative estimate of drug-likeness (QED) is 0.592. The molecule has 25 heavy (non-hydrogen) atoms. The summed E-state index contributed by atoms with van der Waals surface area (Å²) in [5.41, 5.74) is 1.22. The molecule has 2 aliphatic rings. The first kappa shape index (κ1) is 16.7. The summed E-state index contributed by atoms with van der Waals surface area (Å²) < 4.78 is 1.23. The average Bonchev–Trinajstić information content (AvgIpc) is 3.21. The van der Waals surface area contributed by atoms with Crippen LogP contribution in [0.25, 0.3) is 0 Å². The minimum absolute atomic E-state index is 0.0203. The molecule has 0 aromatic carbocycles. The second-order valence-corrected chi connectivity index (χ2v) is 5.93. The van der Waals surface area contributed by atoms with E-state index < -0.39 is 17.7 Å². The highest BCUT2D eigenvalue weighted by Gasteiger charge is 2.27. The maximum atomic E-state index is 12.2. The molecule has 9 heteroatoms. The van der Waals surface area contributed by atoms with Crippen LogP contribution in [0.3, 0.4) is 0 Å². The Labute approximate surface area is 144 Å². The molecule has 0 unspecified atom stereocenters. The maximum absolute atomic E-state index is 12.2. The van der Waals surface area contributed by atoms with Gasteiger partial charge in [0.2, 0.25) is 0 Å². The smallest absolute Gasteiger partial charge is 0.315 e. The average molecular weight is 342 g/mol. The number of amides is 3. The molecule has 3 rings (SSSR count). The summed E-state index contributed by atoms with van der Waals surface area (Å²) in [7, 11) is 0. The predicted octanol–water partition coefficient (Wildman–Crippen LogP) is 0.514. The number of carbonyl (C=O) groups is 3. The molecule has 0 spiro atoms. The molecule has 3 amide bonds. The van der Waals surface area contributed by atoms with E-state index in [9.17, 15) is 14.4 Å². The fraction of sp³-hybridized carbons (Fsp3) is 0.375. The van der Waals surface area contributed by atoms with Crippen molar-refractivity contribution in [2.24, 2.45) is 9.98 Å². The van der Waals surface area contributed by atoms with Gasteiger partial charge >= 0.3 is 11.8 Å². The number of hydrogen-bond donors (Lipinski definition) is 1. The summed E-state index contributed by atoms with van der Waals surface area (Å²) in [4.78, 5) is 45.8. The Morgan fingerprint density at radius 3 is 2.52 bits per heavy atom. The molecule has 1 aromatic heterocycles. The summed E-state index contributed by atoms with van der Waals surface area (Å²) >= 11 is 0. The summed E-state index contributed by atoms with van der Waals surface area (Å²) in [6.07, 6.45) is 1.79. The first-order valence-electron chi connectivity index (χ1n) is 7.91. The van der Waals surface area contributed by atoms with Crippen molar-refractivity contribution in [2.45, 2.75) is 26.7 Å². The van der Waals surface area contributed by atoms with Gasteiger partial charge in [0.1, 0.15) is 5.82 Å². The van der Waals surface area contributed by atoms with E-state index in [1.165, 1.54) is 9.58 Å². The SMILES string of the molecule is C=C1C(=O)N=C(n2nc(C)cc2NC(=O)C(=O)N2CCCC2)N=C1C. The molecule has 1 saturated heterocycles. The van der Waals surface area contributed by atoms with Gasteiger partial charge in [0.05, 0.1) is 17.0 Å². The number of carbonyl (C=O) groups excluding carboxylic acids is 3. The van der Waals surface area contributed by atoms with Crippen molar-refractivity contribution in [3.8, 4) is 0 Å². The lowest BCUT2D eigenvalue weighted by Gasteiger charge is -2.15. The number of anilines is 1. The van der Waals surface area contributed by atoms with Crippen LogP contribution in [-0.2, 0) is 14.4 Å². The molecule has 130 valence electrons. The highest BCUT2D eigenvalue weighted by atomic mass is 16.2. The van der Waals surface area contributed by atoms with Crippen LogP contribution in [-0.4, -0.2) is 57.2 Å². The Balaban J connectivity index is 1.85. The maximum Gasteiger partial charge on any atom is 0.315 e. The van der Waals surface area contributed by atoms with Crippen molar-refractivity contribution < 1.29 is 14.4 Å². The second-order valence-electron chi connectivity index (χ2n) is 5.93. The van der Waals surface area contributed by atoms with E-state index in [-0.39, 0.29) is 17.4 Å². The summed E-state index contributed by atoms with van der Waals surface area (Å²) in [6.45, 7) is 8.13. The third-order valence-electron chi connectivity index (χ3n) is 4.01. The van der Waals surface area contributed by atoms with Crippen molar-refractivity contribution in [1.82, 2.24) is 14.7 Å². The van der Waals surface area contributed by atoms with Gasteiger partial charge in [0.25, 0.3) is 11.9 Å². The van der Waals surface area contributed by atoms with Crippen LogP contribution in [0.2, 0.25) is 0 Å². The van der Waals surface area contributed by atoms with Crippen molar-refractivity contribution in [2.75, 3.05) is 18.4 Å². The monoisotopic (exact) mass is 342 g/mol. The van der Waals surface area contributed by atoms with Crippen molar-refractivity contribution >= 4 is 35.2 Å². The predicted molar refractivity (Wildman–Crippen MR) is 91.5 cm³/mol. The number of rotatable bonds is 1. The van der Waals surface area contributed by atoms with Gasteiger partial charge in [-0.2, -0.15) is 14.8 Å². The molecule has 0 saturated carbocycles. The Morgan fingerprint density at radius 2 is 1.88 bits per heavy atom. The van der Waals surface area contributed by atoms with Crippen molar-refractivity contribution in [1.29, 1.82) is 0 Å². The summed E-state index contributed by atoms with van der Waals surface area (Å²) in [5, 5.41) is 6.73. The molecule has 0 aliphatic carbocycles. The summed E-state index contributed by atoms with van der Waals surface area (Å²) in [5.74, 6) is -1.60. The Bertz CT molecular complexity index is 842. The fourth-order valence-electron chi connectivity index (χ4n) is 2.62. The minimum atomic E-state index is -0.754. The van der Waals surface area contributed by atoms with Gasteiger partial charge in [0.15, 0.2) is 0 Å². The first-order valence-corrected chi connectivity index (χ1v) is 7.91. The van der Waals surface area contributed by atoms with E-state index >= 15 is 0 Å². The highest BCUT2D eigenvalue weighted by Crippen LogP contribution is 2.15. The molecule has 3 heterocycles. The van der Waals surface area contributed by atoms with Crippen molar-refractivity contribution in [3.05, 3.63) is 23.9 Å². The fourth-order valence-corrected chi connectivity index (χ4v) is 2.62. The van der Waals surface area contributed by atoms with Crippen LogP contribution in [0, 0.1) is 6.92 Å². The Kier molecular flexibility index (Phi) is 4.30. The van der Waals surface area contributed by atoms with E-state index in [1.807, 2.05) is 0 Å². The number of nitrogens with one attached hydrogen (secondary N) is 1. The van der Waals surface area contributed by atoms with Gasteiger partial charge < -0.3 is 10.2 Å². The lowest BCUT2D eigenvalue weighted by molar-refractivity contribution is -0.142.